The predicted octanol–water partition coefficient (Wildman–Crippen LogP) is 1.40. The highest BCUT2D eigenvalue weighted by molar-refractivity contribution is 7.09. The average Bonchev–Trinajstić information content (AvgIpc) is 2.76. The number of Topliss-reactive ketones (excluding diaryl/α,β-unsaturated/α-hetero) is 1. The smallest absolute Gasteiger partial charge is 0.157 e. The molecule has 0 spiro atoms. The predicted molar refractivity (Wildman–Crippen MR) is 56.5 cm³/mol. The summed E-state index contributed by atoms with van der Waals surface area (Å²) in [7, 11) is 0. The second kappa shape index (κ2) is 3.79. The summed E-state index contributed by atoms with van der Waals surface area (Å²) in [4.78, 5) is 17.0. The molecule has 1 aromatic heterocycles. The van der Waals surface area contributed by atoms with Gasteiger partial charge in [0.15, 0.2) is 5.78 Å². The molecule has 0 amide bonds. The van der Waals surface area contributed by atoms with E-state index < -0.39 is 0 Å². The molecular weight excluding hydrogens is 196 g/mol. The van der Waals surface area contributed by atoms with Gasteiger partial charge in [0.05, 0.1) is 11.0 Å². The van der Waals surface area contributed by atoms with E-state index in [1.165, 1.54) is 0 Å². The average molecular weight is 210 g/mol. The van der Waals surface area contributed by atoms with Crippen LogP contribution in [0.4, 0.5) is 0 Å². The summed E-state index contributed by atoms with van der Waals surface area (Å²) in [6.45, 7) is 2.97. The lowest BCUT2D eigenvalue weighted by molar-refractivity contribution is -0.123. The molecule has 14 heavy (non-hydrogen) atoms. The highest BCUT2D eigenvalue weighted by Crippen LogP contribution is 2.22. The molecule has 0 aliphatic carbocycles. The lowest BCUT2D eigenvalue weighted by atomic mass is 9.92. The number of hydrogen-bond acceptors (Lipinski definition) is 4. The van der Waals surface area contributed by atoms with E-state index in [0.717, 1.165) is 24.3 Å². The maximum atomic E-state index is 12.0. The summed E-state index contributed by atoms with van der Waals surface area (Å²) in [6, 6.07) is 0. The number of rotatable bonds is 3. The molecule has 2 rings (SSSR count). The van der Waals surface area contributed by atoms with Gasteiger partial charge in [-0.15, -0.1) is 11.3 Å². The van der Waals surface area contributed by atoms with Gasteiger partial charge in [0.25, 0.3) is 0 Å². The Kier molecular flexibility index (Phi) is 2.65. The van der Waals surface area contributed by atoms with Gasteiger partial charge in [-0.1, -0.05) is 0 Å². The van der Waals surface area contributed by atoms with Gasteiger partial charge in [-0.3, -0.25) is 9.78 Å². The van der Waals surface area contributed by atoms with Gasteiger partial charge in [-0.25, -0.2) is 0 Å². The van der Waals surface area contributed by atoms with Crippen molar-refractivity contribution < 1.29 is 4.79 Å². The van der Waals surface area contributed by atoms with E-state index in [2.05, 4.69) is 10.3 Å². The van der Waals surface area contributed by atoms with Crippen molar-refractivity contribution in [1.82, 2.24) is 10.3 Å². The first-order chi connectivity index (χ1) is 6.71. The maximum absolute atomic E-state index is 12.0. The minimum atomic E-state index is -0.288. The minimum absolute atomic E-state index is 0.288. The van der Waals surface area contributed by atoms with Crippen LogP contribution in [0.15, 0.2) is 11.7 Å². The second-order valence-corrected chi connectivity index (χ2v) is 4.90. The monoisotopic (exact) mass is 210 g/mol. The Bertz CT molecular complexity index is 315. The van der Waals surface area contributed by atoms with E-state index in [-0.39, 0.29) is 5.54 Å². The number of nitrogens with one attached hydrogen (secondary N) is 1. The number of ketones is 1. The summed E-state index contributed by atoms with van der Waals surface area (Å²) in [5.74, 6) is 0.291. The standard InChI is InChI=1S/C10H14N2OS/c1-10(3-2-4-12-10)9(13)5-8-6-11-7-14-8/h6-7,12H,2-5H2,1H3. The topological polar surface area (TPSA) is 42.0 Å². The van der Waals surface area contributed by atoms with Crippen LogP contribution in [0.2, 0.25) is 0 Å². The zero-order valence-corrected chi connectivity index (χ0v) is 9.06. The Hall–Kier alpha value is -0.740. The number of carbonyl (C=O) groups excluding carboxylic acids is 1. The molecule has 1 aromatic rings. The van der Waals surface area contributed by atoms with E-state index in [0.29, 0.717) is 12.2 Å². The summed E-state index contributed by atoms with van der Waals surface area (Å²) < 4.78 is 0. The van der Waals surface area contributed by atoms with Gasteiger partial charge in [0.1, 0.15) is 0 Å². The van der Waals surface area contributed by atoms with Crippen molar-refractivity contribution >= 4 is 17.1 Å². The van der Waals surface area contributed by atoms with E-state index >= 15 is 0 Å². The number of thiazole rings is 1. The molecule has 1 unspecified atom stereocenters. The Morgan fingerprint density at radius 1 is 1.79 bits per heavy atom. The number of hydrogen-bond donors (Lipinski definition) is 1. The fraction of sp³-hybridized carbons (Fsp3) is 0.600. The molecule has 4 heteroatoms. The third-order valence-electron chi connectivity index (χ3n) is 2.80. The van der Waals surface area contributed by atoms with E-state index in [1.807, 2.05) is 6.92 Å². The summed E-state index contributed by atoms with van der Waals surface area (Å²) in [5, 5.41) is 3.28. The molecule has 0 radical (unpaired) electrons. The molecule has 1 atom stereocenters. The van der Waals surface area contributed by atoms with Crippen molar-refractivity contribution in [1.29, 1.82) is 0 Å². The van der Waals surface area contributed by atoms with Crippen LogP contribution in [0.1, 0.15) is 24.6 Å². The van der Waals surface area contributed by atoms with E-state index in [9.17, 15) is 4.79 Å². The largest absolute Gasteiger partial charge is 0.305 e. The third kappa shape index (κ3) is 1.86. The SMILES string of the molecule is CC1(C(=O)Cc2cncs2)CCCN1. The van der Waals surface area contributed by atoms with Crippen LogP contribution in [0.5, 0.6) is 0 Å². The van der Waals surface area contributed by atoms with E-state index in [1.54, 1.807) is 23.0 Å². The highest BCUT2D eigenvalue weighted by atomic mass is 32.1. The Morgan fingerprint density at radius 2 is 2.64 bits per heavy atom. The fourth-order valence-electron chi connectivity index (χ4n) is 1.82. The second-order valence-electron chi connectivity index (χ2n) is 3.93. The van der Waals surface area contributed by atoms with Crippen molar-refractivity contribution in [3.8, 4) is 0 Å². The highest BCUT2D eigenvalue weighted by Gasteiger charge is 2.35. The summed E-state index contributed by atoms with van der Waals surface area (Å²) in [5.41, 5.74) is 1.48. The van der Waals surface area contributed by atoms with Crippen molar-refractivity contribution in [3.63, 3.8) is 0 Å². The lowest BCUT2D eigenvalue weighted by Crippen LogP contribution is -2.45. The Labute approximate surface area is 87.6 Å². The van der Waals surface area contributed by atoms with Gasteiger partial charge < -0.3 is 5.32 Å². The normalized spacial score (nSPS) is 26.6. The van der Waals surface area contributed by atoms with Gasteiger partial charge in [0, 0.05) is 17.5 Å². The van der Waals surface area contributed by atoms with Crippen LogP contribution in [0.3, 0.4) is 0 Å². The molecule has 1 saturated heterocycles. The van der Waals surface area contributed by atoms with Crippen LogP contribution < -0.4 is 5.32 Å². The number of aromatic nitrogens is 1. The van der Waals surface area contributed by atoms with Crippen molar-refractivity contribution in [3.05, 3.63) is 16.6 Å². The van der Waals surface area contributed by atoms with Crippen LogP contribution in [-0.2, 0) is 11.2 Å². The van der Waals surface area contributed by atoms with Crippen LogP contribution >= 0.6 is 11.3 Å². The molecule has 3 nitrogen and oxygen atoms in total. The summed E-state index contributed by atoms with van der Waals surface area (Å²) in [6.07, 6.45) is 4.37. The first-order valence-electron chi connectivity index (χ1n) is 4.86. The van der Waals surface area contributed by atoms with Crippen LogP contribution in [0, 0.1) is 0 Å². The lowest BCUT2D eigenvalue weighted by Gasteiger charge is -2.21. The van der Waals surface area contributed by atoms with Gasteiger partial charge in [0.2, 0.25) is 0 Å². The third-order valence-corrected chi connectivity index (χ3v) is 3.58. The van der Waals surface area contributed by atoms with Crippen LogP contribution in [-0.4, -0.2) is 22.9 Å². The fourth-order valence-corrected chi connectivity index (χ4v) is 2.41. The molecule has 2 heterocycles. The maximum Gasteiger partial charge on any atom is 0.157 e. The van der Waals surface area contributed by atoms with Gasteiger partial charge >= 0.3 is 0 Å². The molecule has 1 aliphatic rings. The first kappa shape index (κ1) is 9.80. The number of nitrogens with zero attached hydrogens (tertiary/aromatic N) is 1. The summed E-state index contributed by atoms with van der Waals surface area (Å²) >= 11 is 1.55. The zero-order chi connectivity index (χ0) is 10.0. The molecule has 0 bridgehead atoms. The molecule has 0 aromatic carbocycles. The molecule has 76 valence electrons. The van der Waals surface area contributed by atoms with Crippen molar-refractivity contribution in [2.24, 2.45) is 0 Å². The molecule has 1 aliphatic heterocycles. The minimum Gasteiger partial charge on any atom is -0.305 e. The van der Waals surface area contributed by atoms with E-state index in [4.69, 9.17) is 0 Å². The van der Waals surface area contributed by atoms with Crippen LogP contribution in [0.25, 0.3) is 0 Å². The van der Waals surface area contributed by atoms with Gasteiger partial charge in [-0.2, -0.15) is 0 Å². The molecule has 1 fully saturated rings. The Morgan fingerprint density at radius 3 is 3.21 bits per heavy atom. The zero-order valence-electron chi connectivity index (χ0n) is 8.25. The quantitative estimate of drug-likeness (QED) is 0.820. The van der Waals surface area contributed by atoms with Crippen molar-refractivity contribution in [2.45, 2.75) is 31.7 Å². The molecule has 1 N–H and O–H groups in total. The number of carbonyl (C=O) groups is 1. The molecular formula is C10H14N2OS. The van der Waals surface area contributed by atoms with Crippen molar-refractivity contribution in [2.75, 3.05) is 6.54 Å². The van der Waals surface area contributed by atoms with Gasteiger partial charge in [-0.05, 0) is 26.3 Å². The Balaban J connectivity index is 2.02. The first-order valence-corrected chi connectivity index (χ1v) is 5.74. The molecule has 0 saturated carbocycles.